The molecule has 1 aromatic carbocycles. The molecular formula is C15H19ClN2O2S2. The number of aryl methyl sites for hydroxylation is 1. The lowest BCUT2D eigenvalue weighted by Crippen LogP contribution is -2.34. The maximum absolute atomic E-state index is 12.9. The lowest BCUT2D eigenvalue weighted by atomic mass is 10.2. The minimum Gasteiger partial charge on any atom is -0.311 e. The summed E-state index contributed by atoms with van der Waals surface area (Å²) < 4.78 is 27.8. The molecule has 120 valence electrons. The summed E-state index contributed by atoms with van der Waals surface area (Å²) in [4.78, 5) is 1.09. The molecule has 3 rings (SSSR count). The molecule has 0 bridgehead atoms. The Bertz CT molecular complexity index is 744. The molecular weight excluding hydrogens is 340 g/mol. The minimum atomic E-state index is -3.48. The van der Waals surface area contributed by atoms with Crippen LogP contribution in [0.1, 0.15) is 17.4 Å². The third kappa shape index (κ3) is 3.15. The van der Waals surface area contributed by atoms with Crippen LogP contribution < -0.4 is 9.62 Å². The maximum atomic E-state index is 12.9. The summed E-state index contributed by atoms with van der Waals surface area (Å²) in [6.45, 7) is 3.85. The van der Waals surface area contributed by atoms with E-state index in [0.29, 0.717) is 23.8 Å². The Morgan fingerprint density at radius 2 is 2.00 bits per heavy atom. The Morgan fingerprint density at radius 1 is 1.23 bits per heavy atom. The van der Waals surface area contributed by atoms with Crippen LogP contribution in [0.5, 0.6) is 0 Å². The van der Waals surface area contributed by atoms with Gasteiger partial charge in [-0.15, -0.1) is 23.7 Å². The van der Waals surface area contributed by atoms with Crippen LogP contribution in [0, 0.1) is 0 Å². The second kappa shape index (κ2) is 7.00. The van der Waals surface area contributed by atoms with Gasteiger partial charge in [-0.05, 0) is 30.2 Å². The summed E-state index contributed by atoms with van der Waals surface area (Å²) in [5.74, 6) is 0. The van der Waals surface area contributed by atoms with Crippen molar-refractivity contribution in [3.63, 3.8) is 0 Å². The summed E-state index contributed by atoms with van der Waals surface area (Å²) in [6.07, 6.45) is 0.859. The highest BCUT2D eigenvalue weighted by Crippen LogP contribution is 2.31. The fourth-order valence-electron chi connectivity index (χ4n) is 2.47. The first-order valence-electron chi connectivity index (χ1n) is 7.03. The Balaban J connectivity index is 0.00000176. The number of hydrogen-bond donors (Lipinski definition) is 1. The maximum Gasteiger partial charge on any atom is 0.273 e. The highest BCUT2D eigenvalue weighted by Gasteiger charge is 2.28. The first-order chi connectivity index (χ1) is 10.1. The van der Waals surface area contributed by atoms with Gasteiger partial charge in [-0.1, -0.05) is 25.1 Å². The van der Waals surface area contributed by atoms with Crippen LogP contribution in [0.25, 0.3) is 0 Å². The van der Waals surface area contributed by atoms with Crippen molar-refractivity contribution in [1.29, 1.82) is 0 Å². The summed E-state index contributed by atoms with van der Waals surface area (Å²) in [6, 6.07) is 11.3. The molecule has 1 aromatic heterocycles. The van der Waals surface area contributed by atoms with Gasteiger partial charge in [-0.3, -0.25) is 4.31 Å². The van der Waals surface area contributed by atoms with Gasteiger partial charge < -0.3 is 5.32 Å². The highest BCUT2D eigenvalue weighted by molar-refractivity contribution is 7.94. The van der Waals surface area contributed by atoms with Crippen LogP contribution in [-0.4, -0.2) is 21.5 Å². The third-order valence-electron chi connectivity index (χ3n) is 3.60. The van der Waals surface area contributed by atoms with E-state index >= 15 is 0 Å². The number of fused-ring (bicyclic) bond motifs is 1. The number of halogens is 1. The lowest BCUT2D eigenvalue weighted by Gasteiger charge is -2.23. The fourth-order valence-corrected chi connectivity index (χ4v) is 5.39. The number of nitrogens with zero attached hydrogens (tertiary/aromatic N) is 1. The third-order valence-corrected chi connectivity index (χ3v) is 7.11. The highest BCUT2D eigenvalue weighted by atomic mass is 35.5. The molecule has 1 aliphatic heterocycles. The first-order valence-corrected chi connectivity index (χ1v) is 9.28. The van der Waals surface area contributed by atoms with E-state index in [0.717, 1.165) is 22.5 Å². The van der Waals surface area contributed by atoms with E-state index in [1.54, 1.807) is 6.07 Å². The van der Waals surface area contributed by atoms with Crippen molar-refractivity contribution in [3.8, 4) is 0 Å². The van der Waals surface area contributed by atoms with Gasteiger partial charge >= 0.3 is 0 Å². The van der Waals surface area contributed by atoms with E-state index in [1.807, 2.05) is 37.3 Å². The average Bonchev–Trinajstić information content (AvgIpc) is 2.87. The number of nitrogens with one attached hydrogen (secondary N) is 1. The second-order valence-corrected chi connectivity index (χ2v) is 8.21. The van der Waals surface area contributed by atoms with E-state index in [-0.39, 0.29) is 12.4 Å². The standard InChI is InChI=1S/C15H18N2O2S2.ClH/c1-2-13-7-8-15(20-13)21(18,19)17-10-9-16-11-12-5-3-4-6-14(12)17;/h3-8,16H,2,9-11H2,1H3;1H. The predicted octanol–water partition coefficient (Wildman–Crippen LogP) is 3.03. The summed E-state index contributed by atoms with van der Waals surface area (Å²) in [7, 11) is -3.48. The molecule has 0 atom stereocenters. The van der Waals surface area contributed by atoms with E-state index in [9.17, 15) is 8.42 Å². The van der Waals surface area contributed by atoms with E-state index in [2.05, 4.69) is 5.32 Å². The van der Waals surface area contributed by atoms with Crippen LogP contribution in [-0.2, 0) is 23.0 Å². The van der Waals surface area contributed by atoms with E-state index in [4.69, 9.17) is 0 Å². The molecule has 0 fully saturated rings. The molecule has 0 aliphatic carbocycles. The van der Waals surface area contributed by atoms with Crippen molar-refractivity contribution in [3.05, 3.63) is 46.8 Å². The predicted molar refractivity (Wildman–Crippen MR) is 93.6 cm³/mol. The van der Waals surface area contributed by atoms with Gasteiger partial charge in [-0.25, -0.2) is 8.42 Å². The normalized spacial score (nSPS) is 14.9. The van der Waals surface area contributed by atoms with Gasteiger partial charge in [0.05, 0.1) is 5.69 Å². The number of thiophene rings is 1. The minimum absolute atomic E-state index is 0. The molecule has 22 heavy (non-hydrogen) atoms. The number of benzene rings is 1. The number of hydrogen-bond acceptors (Lipinski definition) is 4. The zero-order valence-electron chi connectivity index (χ0n) is 12.3. The number of para-hydroxylation sites is 1. The summed E-state index contributed by atoms with van der Waals surface area (Å²) >= 11 is 1.36. The smallest absolute Gasteiger partial charge is 0.273 e. The molecule has 0 spiro atoms. The molecule has 4 nitrogen and oxygen atoms in total. The lowest BCUT2D eigenvalue weighted by molar-refractivity contribution is 0.591. The molecule has 7 heteroatoms. The molecule has 0 unspecified atom stereocenters. The van der Waals surface area contributed by atoms with Crippen LogP contribution in [0.3, 0.4) is 0 Å². The zero-order valence-corrected chi connectivity index (χ0v) is 14.7. The Morgan fingerprint density at radius 3 is 2.73 bits per heavy atom. The SMILES string of the molecule is CCc1ccc(S(=O)(=O)N2CCNCc3ccccc32)s1.Cl. The monoisotopic (exact) mass is 358 g/mol. The van der Waals surface area contributed by atoms with Gasteiger partial charge in [0, 0.05) is 24.5 Å². The molecule has 1 N–H and O–H groups in total. The molecule has 0 radical (unpaired) electrons. The fraction of sp³-hybridized carbons (Fsp3) is 0.333. The van der Waals surface area contributed by atoms with Crippen LogP contribution in [0.15, 0.2) is 40.6 Å². The van der Waals surface area contributed by atoms with Crippen molar-refractivity contribution in [2.24, 2.45) is 0 Å². The molecule has 1 aliphatic rings. The number of rotatable bonds is 3. The topological polar surface area (TPSA) is 49.4 Å². The summed E-state index contributed by atoms with van der Waals surface area (Å²) in [5, 5.41) is 3.27. The second-order valence-electron chi connectivity index (χ2n) is 4.96. The molecule has 2 heterocycles. The van der Waals surface area contributed by atoms with E-state index in [1.165, 1.54) is 15.6 Å². The van der Waals surface area contributed by atoms with Gasteiger partial charge in [0.2, 0.25) is 0 Å². The van der Waals surface area contributed by atoms with Crippen LogP contribution in [0.2, 0.25) is 0 Å². The van der Waals surface area contributed by atoms with Crippen molar-refractivity contribution in [2.45, 2.75) is 24.1 Å². The van der Waals surface area contributed by atoms with Crippen LogP contribution in [0.4, 0.5) is 5.69 Å². The molecule has 0 saturated heterocycles. The van der Waals surface area contributed by atoms with Crippen molar-refractivity contribution >= 4 is 39.5 Å². The van der Waals surface area contributed by atoms with Crippen molar-refractivity contribution in [1.82, 2.24) is 5.32 Å². The van der Waals surface area contributed by atoms with Gasteiger partial charge in [0.25, 0.3) is 10.0 Å². The molecule has 2 aromatic rings. The quantitative estimate of drug-likeness (QED) is 0.917. The molecule has 0 saturated carbocycles. The zero-order chi connectivity index (χ0) is 14.9. The van der Waals surface area contributed by atoms with Gasteiger partial charge in [0.15, 0.2) is 0 Å². The largest absolute Gasteiger partial charge is 0.311 e. The average molecular weight is 359 g/mol. The van der Waals surface area contributed by atoms with E-state index < -0.39 is 10.0 Å². The van der Waals surface area contributed by atoms with Gasteiger partial charge in [-0.2, -0.15) is 0 Å². The number of sulfonamides is 1. The van der Waals surface area contributed by atoms with Crippen molar-refractivity contribution in [2.75, 3.05) is 17.4 Å². The summed E-state index contributed by atoms with van der Waals surface area (Å²) in [5.41, 5.74) is 1.81. The van der Waals surface area contributed by atoms with Crippen LogP contribution >= 0.6 is 23.7 Å². The Kier molecular flexibility index (Phi) is 5.50. The first kappa shape index (κ1) is 17.3. The van der Waals surface area contributed by atoms with Crippen molar-refractivity contribution < 1.29 is 8.42 Å². The Hall–Kier alpha value is -1.08. The van der Waals surface area contributed by atoms with Gasteiger partial charge in [0.1, 0.15) is 4.21 Å². The molecule has 0 amide bonds. The number of anilines is 1. The Labute approximate surface area is 141 Å².